The molecule has 4 rings (SSSR count). The summed E-state index contributed by atoms with van der Waals surface area (Å²) in [7, 11) is 0. The normalized spacial score (nSPS) is 17.2. The van der Waals surface area contributed by atoms with Gasteiger partial charge in [0, 0.05) is 36.5 Å². The molecule has 1 aromatic heterocycles. The van der Waals surface area contributed by atoms with Crippen LogP contribution in [-0.2, 0) is 6.54 Å². The van der Waals surface area contributed by atoms with Gasteiger partial charge in [0.1, 0.15) is 11.4 Å². The van der Waals surface area contributed by atoms with Crippen molar-refractivity contribution in [2.24, 2.45) is 0 Å². The van der Waals surface area contributed by atoms with E-state index in [0.29, 0.717) is 5.56 Å². The monoisotopic (exact) mass is 389 g/mol. The van der Waals surface area contributed by atoms with Crippen LogP contribution in [0.1, 0.15) is 60.6 Å². The summed E-state index contributed by atoms with van der Waals surface area (Å²) < 4.78 is 8.35. The molecular weight excluding hydrogens is 362 g/mol. The predicted octanol–water partition coefficient (Wildman–Crippen LogP) is 4.74. The minimum atomic E-state index is -0.235. The summed E-state index contributed by atoms with van der Waals surface area (Å²) in [6.45, 7) is 5.04. The zero-order valence-corrected chi connectivity index (χ0v) is 17.0. The van der Waals surface area contributed by atoms with Crippen LogP contribution >= 0.6 is 0 Å². The van der Waals surface area contributed by atoms with Crippen LogP contribution < -0.4 is 10.1 Å². The molecule has 0 saturated carbocycles. The van der Waals surface area contributed by atoms with Crippen molar-refractivity contribution >= 4 is 5.91 Å². The molecule has 3 aromatic rings. The van der Waals surface area contributed by atoms with Crippen molar-refractivity contribution in [2.45, 2.75) is 51.3 Å². The van der Waals surface area contributed by atoms with E-state index in [0.717, 1.165) is 42.7 Å². The molecule has 1 atom stereocenters. The number of carbonyl (C=O) groups is 1. The van der Waals surface area contributed by atoms with E-state index in [1.165, 1.54) is 0 Å². The average molecular weight is 389 g/mol. The van der Waals surface area contributed by atoms with Crippen molar-refractivity contribution in [2.75, 3.05) is 0 Å². The van der Waals surface area contributed by atoms with Crippen molar-refractivity contribution in [1.82, 2.24) is 14.9 Å². The largest absolute Gasteiger partial charge is 0.487 e. The highest BCUT2D eigenvalue weighted by Gasteiger charge is 2.38. The first-order valence-electron chi connectivity index (χ1n) is 10.3. The predicted molar refractivity (Wildman–Crippen MR) is 113 cm³/mol. The summed E-state index contributed by atoms with van der Waals surface area (Å²) in [4.78, 5) is 17.0. The number of fused-ring (bicyclic) bond motifs is 1. The van der Waals surface area contributed by atoms with Crippen LogP contribution in [0.3, 0.4) is 0 Å². The second-order valence-corrected chi connectivity index (χ2v) is 7.69. The highest BCUT2D eigenvalue weighted by molar-refractivity contribution is 5.94. The summed E-state index contributed by atoms with van der Waals surface area (Å²) in [5, 5.41) is 3.25. The minimum Gasteiger partial charge on any atom is -0.487 e. The van der Waals surface area contributed by atoms with Gasteiger partial charge in [-0.05, 0) is 36.6 Å². The summed E-state index contributed by atoms with van der Waals surface area (Å²) in [6.07, 6.45) is 8.08. The molecule has 5 nitrogen and oxygen atoms in total. The van der Waals surface area contributed by atoms with Crippen LogP contribution in [0.2, 0.25) is 0 Å². The number of aromatic nitrogens is 2. The fourth-order valence-electron chi connectivity index (χ4n) is 4.02. The number of imidazole rings is 1. The van der Waals surface area contributed by atoms with Gasteiger partial charge in [-0.1, -0.05) is 44.2 Å². The average Bonchev–Trinajstić information content (AvgIpc) is 3.27. The van der Waals surface area contributed by atoms with E-state index in [4.69, 9.17) is 4.74 Å². The lowest BCUT2D eigenvalue weighted by Crippen LogP contribution is -2.44. The lowest BCUT2D eigenvalue weighted by atomic mass is 9.83. The van der Waals surface area contributed by atoms with Crippen LogP contribution in [0.25, 0.3) is 0 Å². The molecule has 1 aliphatic heterocycles. The van der Waals surface area contributed by atoms with E-state index >= 15 is 0 Å². The maximum atomic E-state index is 13.0. The lowest BCUT2D eigenvalue weighted by Gasteiger charge is -2.41. The van der Waals surface area contributed by atoms with Crippen LogP contribution in [-0.4, -0.2) is 21.1 Å². The Bertz CT molecular complexity index is 960. The molecule has 1 aliphatic rings. The summed E-state index contributed by atoms with van der Waals surface area (Å²) in [5.74, 6) is 0.824. The zero-order chi connectivity index (χ0) is 20.3. The molecule has 1 N–H and O–H groups in total. The molecule has 29 heavy (non-hydrogen) atoms. The van der Waals surface area contributed by atoms with Crippen molar-refractivity contribution in [1.29, 1.82) is 0 Å². The highest BCUT2D eigenvalue weighted by Crippen LogP contribution is 2.42. The molecule has 0 radical (unpaired) electrons. The maximum Gasteiger partial charge on any atom is 0.251 e. The smallest absolute Gasteiger partial charge is 0.251 e. The number of rotatable bonds is 6. The molecule has 5 heteroatoms. The summed E-state index contributed by atoms with van der Waals surface area (Å²) in [5.41, 5.74) is 2.62. The van der Waals surface area contributed by atoms with Gasteiger partial charge in [-0.25, -0.2) is 4.98 Å². The Balaban J connectivity index is 1.51. The van der Waals surface area contributed by atoms with Crippen molar-refractivity contribution in [3.8, 4) is 5.75 Å². The quantitative estimate of drug-likeness (QED) is 0.662. The number of hydrogen-bond acceptors (Lipinski definition) is 3. The van der Waals surface area contributed by atoms with Crippen molar-refractivity contribution in [3.63, 3.8) is 0 Å². The molecule has 0 aliphatic carbocycles. The number of nitrogens with zero attached hydrogens (tertiary/aromatic N) is 2. The van der Waals surface area contributed by atoms with E-state index in [1.807, 2.05) is 59.3 Å². The Hall–Kier alpha value is -3.08. The second-order valence-electron chi connectivity index (χ2n) is 7.69. The molecule has 2 aromatic carbocycles. The van der Waals surface area contributed by atoms with E-state index in [9.17, 15) is 4.79 Å². The number of carbonyl (C=O) groups excluding carboxylic acids is 1. The molecule has 1 amide bonds. The zero-order valence-electron chi connectivity index (χ0n) is 17.0. The second kappa shape index (κ2) is 8.11. The molecule has 0 saturated heterocycles. The van der Waals surface area contributed by atoms with Crippen LogP contribution in [0.5, 0.6) is 5.75 Å². The van der Waals surface area contributed by atoms with Gasteiger partial charge < -0.3 is 14.6 Å². The summed E-state index contributed by atoms with van der Waals surface area (Å²) >= 11 is 0. The minimum absolute atomic E-state index is 0.0537. The van der Waals surface area contributed by atoms with Gasteiger partial charge in [-0.2, -0.15) is 0 Å². The van der Waals surface area contributed by atoms with Gasteiger partial charge in [-0.3, -0.25) is 4.79 Å². The molecular formula is C24H27N3O2. The lowest BCUT2D eigenvalue weighted by molar-refractivity contribution is 0.0227. The van der Waals surface area contributed by atoms with Crippen LogP contribution in [0.15, 0.2) is 67.3 Å². The fraction of sp³-hybridized carbons (Fsp3) is 0.333. The number of benzene rings is 2. The van der Waals surface area contributed by atoms with E-state index in [1.54, 1.807) is 12.5 Å². The van der Waals surface area contributed by atoms with Gasteiger partial charge >= 0.3 is 0 Å². The molecule has 0 spiro atoms. The topological polar surface area (TPSA) is 56.2 Å². The number of amides is 1. The van der Waals surface area contributed by atoms with Gasteiger partial charge in [0.25, 0.3) is 5.91 Å². The first-order valence-corrected chi connectivity index (χ1v) is 10.3. The third-order valence-corrected chi connectivity index (χ3v) is 5.93. The van der Waals surface area contributed by atoms with Crippen LogP contribution in [0.4, 0.5) is 0 Å². The molecule has 0 fully saturated rings. The number of hydrogen-bond donors (Lipinski definition) is 1. The third kappa shape index (κ3) is 4.04. The van der Waals surface area contributed by atoms with E-state index in [-0.39, 0.29) is 17.6 Å². The number of ether oxygens (including phenoxy) is 1. The number of para-hydroxylation sites is 1. The molecule has 1 unspecified atom stereocenters. The summed E-state index contributed by atoms with van der Waals surface area (Å²) in [6, 6.07) is 15.7. The first-order chi connectivity index (χ1) is 14.1. The molecule has 150 valence electrons. The third-order valence-electron chi connectivity index (χ3n) is 5.93. The first kappa shape index (κ1) is 19.2. The van der Waals surface area contributed by atoms with Gasteiger partial charge in [-0.15, -0.1) is 0 Å². The van der Waals surface area contributed by atoms with Crippen LogP contribution in [0, 0.1) is 0 Å². The van der Waals surface area contributed by atoms with Gasteiger partial charge in [0.15, 0.2) is 0 Å². The van der Waals surface area contributed by atoms with Gasteiger partial charge in [0.2, 0.25) is 0 Å². The Kier molecular flexibility index (Phi) is 5.38. The molecule has 2 heterocycles. The maximum absolute atomic E-state index is 13.0. The Morgan fingerprint density at radius 3 is 2.62 bits per heavy atom. The van der Waals surface area contributed by atoms with Gasteiger partial charge in [0.05, 0.1) is 12.4 Å². The standard InChI is InChI=1S/C24H27N3O2/c1-3-24(4-2)15-21(20-7-5-6-8-22(20)29-24)26-23(28)19-11-9-18(10-12-19)16-27-14-13-25-17-27/h5-14,17,21H,3-4,15-16H2,1-2H3,(H,26,28). The number of nitrogens with one attached hydrogen (secondary N) is 1. The Morgan fingerprint density at radius 1 is 1.17 bits per heavy atom. The highest BCUT2D eigenvalue weighted by atomic mass is 16.5. The molecule has 0 bridgehead atoms. The van der Waals surface area contributed by atoms with E-state index in [2.05, 4.69) is 24.1 Å². The van der Waals surface area contributed by atoms with Crippen molar-refractivity contribution < 1.29 is 9.53 Å². The SMILES string of the molecule is CCC1(CC)CC(NC(=O)c2ccc(Cn3ccnc3)cc2)c2ccccc2O1. The fourth-order valence-corrected chi connectivity index (χ4v) is 4.02. The Morgan fingerprint density at radius 2 is 1.93 bits per heavy atom. The Labute approximate surface area is 171 Å². The van der Waals surface area contributed by atoms with E-state index < -0.39 is 0 Å². The van der Waals surface area contributed by atoms with Crippen molar-refractivity contribution in [3.05, 3.63) is 83.9 Å².